The van der Waals surface area contributed by atoms with Crippen LogP contribution in [0.25, 0.3) is 103 Å². The van der Waals surface area contributed by atoms with Crippen molar-refractivity contribution in [3.05, 3.63) is 176 Å². The zero-order valence-corrected chi connectivity index (χ0v) is 28.8. The average molecular weight is 680 g/mol. The van der Waals surface area contributed by atoms with Gasteiger partial charge in [0.15, 0.2) is 0 Å². The van der Waals surface area contributed by atoms with Crippen molar-refractivity contribution in [3.8, 4) is 39.6 Å². The van der Waals surface area contributed by atoms with Gasteiger partial charge in [-0.3, -0.25) is 4.57 Å². The average Bonchev–Trinajstić information content (AvgIpc) is 3.79. The van der Waals surface area contributed by atoms with Crippen molar-refractivity contribution >= 4 is 74.9 Å². The molecule has 0 amide bonds. The summed E-state index contributed by atoms with van der Waals surface area (Å²) in [5, 5.41) is 9.97. The molecule has 3 nitrogen and oxygen atoms in total. The molecule has 3 aromatic heterocycles. The summed E-state index contributed by atoms with van der Waals surface area (Å²) >= 11 is 1.90. The molecule has 11 aromatic rings. The fourth-order valence-electron chi connectivity index (χ4n) is 8.10. The molecule has 0 N–H and O–H groups in total. The Bertz CT molecular complexity index is 3100. The van der Waals surface area contributed by atoms with Gasteiger partial charge in [0.05, 0.1) is 22.4 Å². The number of hydrogen-bond donors (Lipinski definition) is 0. The van der Waals surface area contributed by atoms with E-state index in [0.29, 0.717) is 5.95 Å². The van der Waals surface area contributed by atoms with Gasteiger partial charge in [-0.15, -0.1) is 11.3 Å². The predicted octanol–water partition coefficient (Wildman–Crippen LogP) is 13.2. The number of rotatable bonds is 4. The molecule has 3 heterocycles. The molecule has 242 valence electrons. The minimum Gasteiger partial charge on any atom is -0.277 e. The first-order valence-electron chi connectivity index (χ1n) is 17.6. The SMILES string of the molecule is c1ccc(-c2cc(-c3ccccc3)nc(-n3c4ccccc4c4cc(-c5ccccc5)c5sc6c7ccccc7c7ccccc7c6c5c43)n2)cc1. The Morgan fingerprint density at radius 2 is 0.885 bits per heavy atom. The van der Waals surface area contributed by atoms with Crippen LogP contribution in [0.15, 0.2) is 176 Å². The van der Waals surface area contributed by atoms with Gasteiger partial charge < -0.3 is 0 Å². The fourth-order valence-corrected chi connectivity index (χ4v) is 9.49. The third-order valence-corrected chi connectivity index (χ3v) is 11.6. The van der Waals surface area contributed by atoms with Crippen LogP contribution in [0.5, 0.6) is 0 Å². The number of fused-ring (bicyclic) bond motifs is 12. The molecule has 0 aliphatic heterocycles. The highest BCUT2D eigenvalue weighted by molar-refractivity contribution is 7.27. The lowest BCUT2D eigenvalue weighted by atomic mass is 9.94. The topological polar surface area (TPSA) is 30.7 Å². The lowest BCUT2D eigenvalue weighted by Crippen LogP contribution is -2.04. The summed E-state index contributed by atoms with van der Waals surface area (Å²) in [5.41, 5.74) is 8.55. The zero-order chi connectivity index (χ0) is 34.2. The molecule has 0 unspecified atom stereocenters. The van der Waals surface area contributed by atoms with E-state index < -0.39 is 0 Å². The monoisotopic (exact) mass is 679 g/mol. The molecule has 8 aromatic carbocycles. The first kappa shape index (κ1) is 29.1. The Hall–Kier alpha value is -6.62. The summed E-state index contributed by atoms with van der Waals surface area (Å²) in [6.45, 7) is 0. The van der Waals surface area contributed by atoms with Gasteiger partial charge in [-0.25, -0.2) is 9.97 Å². The van der Waals surface area contributed by atoms with E-state index in [9.17, 15) is 0 Å². The number of thiophene rings is 1. The maximum atomic E-state index is 5.39. The van der Waals surface area contributed by atoms with Crippen LogP contribution in [-0.4, -0.2) is 14.5 Å². The zero-order valence-electron chi connectivity index (χ0n) is 28.0. The van der Waals surface area contributed by atoms with Crippen molar-refractivity contribution < 1.29 is 0 Å². The quantitative estimate of drug-likeness (QED) is 0.173. The van der Waals surface area contributed by atoms with Gasteiger partial charge in [0.2, 0.25) is 5.95 Å². The van der Waals surface area contributed by atoms with Crippen LogP contribution >= 0.6 is 11.3 Å². The van der Waals surface area contributed by atoms with Crippen molar-refractivity contribution in [1.29, 1.82) is 0 Å². The standard InChI is InChI=1S/C48H29N3S/c1-4-16-30(17-5-1)38-28-39-35-24-14-15-27-42(35)51(48-49-40(31-18-6-2-7-19-31)29-41(50-48)32-20-8-3-9-21-32)45(39)44-43-36-25-12-10-22-33(36)34-23-11-13-26-37(34)46(43)52-47(38)44/h1-29H. The minimum atomic E-state index is 0.657. The van der Waals surface area contributed by atoms with E-state index in [4.69, 9.17) is 9.97 Å². The normalized spacial score (nSPS) is 11.8. The van der Waals surface area contributed by atoms with Crippen molar-refractivity contribution in [3.63, 3.8) is 0 Å². The maximum absolute atomic E-state index is 5.39. The van der Waals surface area contributed by atoms with E-state index in [1.807, 2.05) is 23.5 Å². The molecular weight excluding hydrogens is 651 g/mol. The van der Waals surface area contributed by atoms with Crippen LogP contribution in [0, 0.1) is 0 Å². The lowest BCUT2D eigenvalue weighted by molar-refractivity contribution is 0.998. The first-order valence-corrected chi connectivity index (χ1v) is 18.4. The summed E-state index contributed by atoms with van der Waals surface area (Å²) in [5.74, 6) is 0.657. The second-order valence-electron chi connectivity index (χ2n) is 13.3. The van der Waals surface area contributed by atoms with Crippen molar-refractivity contribution in [2.24, 2.45) is 0 Å². The third-order valence-electron chi connectivity index (χ3n) is 10.4. The van der Waals surface area contributed by atoms with E-state index in [0.717, 1.165) is 33.5 Å². The second kappa shape index (κ2) is 11.5. The Kier molecular flexibility index (Phi) is 6.42. The highest BCUT2D eigenvalue weighted by Crippen LogP contribution is 2.51. The molecule has 4 heteroatoms. The summed E-state index contributed by atoms with van der Waals surface area (Å²) in [6, 6.07) is 62.7. The Labute approximate surface area is 303 Å². The van der Waals surface area contributed by atoms with Gasteiger partial charge in [-0.2, -0.15) is 0 Å². The molecular formula is C48H29N3S. The fraction of sp³-hybridized carbons (Fsp3) is 0. The third kappa shape index (κ3) is 4.31. The largest absolute Gasteiger partial charge is 0.277 e. The van der Waals surface area contributed by atoms with Crippen LogP contribution in [0.3, 0.4) is 0 Å². The molecule has 0 aliphatic rings. The van der Waals surface area contributed by atoms with E-state index >= 15 is 0 Å². The molecule has 0 saturated carbocycles. The molecule has 0 spiro atoms. The number of hydrogen-bond acceptors (Lipinski definition) is 3. The van der Waals surface area contributed by atoms with Gasteiger partial charge in [-0.1, -0.05) is 158 Å². The van der Waals surface area contributed by atoms with E-state index in [1.165, 1.54) is 63.6 Å². The van der Waals surface area contributed by atoms with Gasteiger partial charge in [0.1, 0.15) is 0 Å². The number of benzene rings is 8. The second-order valence-corrected chi connectivity index (χ2v) is 14.3. The van der Waals surface area contributed by atoms with Crippen molar-refractivity contribution in [1.82, 2.24) is 14.5 Å². The van der Waals surface area contributed by atoms with Crippen LogP contribution in [0.2, 0.25) is 0 Å². The molecule has 0 atom stereocenters. The number of para-hydroxylation sites is 1. The summed E-state index contributed by atoms with van der Waals surface area (Å²) < 4.78 is 4.90. The minimum absolute atomic E-state index is 0.657. The summed E-state index contributed by atoms with van der Waals surface area (Å²) in [7, 11) is 0. The van der Waals surface area contributed by atoms with Crippen molar-refractivity contribution in [2.45, 2.75) is 0 Å². The highest BCUT2D eigenvalue weighted by Gasteiger charge is 2.25. The van der Waals surface area contributed by atoms with Gasteiger partial charge in [0, 0.05) is 53.0 Å². The predicted molar refractivity (Wildman–Crippen MR) is 221 cm³/mol. The van der Waals surface area contributed by atoms with Crippen LogP contribution in [-0.2, 0) is 0 Å². The number of nitrogens with zero attached hydrogens (tertiary/aromatic N) is 3. The molecule has 11 rings (SSSR count). The molecule has 0 radical (unpaired) electrons. The van der Waals surface area contributed by atoms with Gasteiger partial charge in [-0.05, 0) is 39.9 Å². The van der Waals surface area contributed by atoms with Crippen molar-refractivity contribution in [2.75, 3.05) is 0 Å². The summed E-state index contributed by atoms with van der Waals surface area (Å²) in [4.78, 5) is 10.8. The van der Waals surface area contributed by atoms with Gasteiger partial charge in [0.25, 0.3) is 0 Å². The van der Waals surface area contributed by atoms with Crippen LogP contribution < -0.4 is 0 Å². The molecule has 0 fully saturated rings. The van der Waals surface area contributed by atoms with E-state index in [1.54, 1.807) is 0 Å². The molecule has 0 saturated heterocycles. The molecule has 52 heavy (non-hydrogen) atoms. The van der Waals surface area contributed by atoms with E-state index in [-0.39, 0.29) is 0 Å². The van der Waals surface area contributed by atoms with Crippen LogP contribution in [0.1, 0.15) is 0 Å². The van der Waals surface area contributed by atoms with Crippen LogP contribution in [0.4, 0.5) is 0 Å². The highest BCUT2D eigenvalue weighted by atomic mass is 32.1. The first-order chi connectivity index (χ1) is 25.8. The molecule has 0 bridgehead atoms. The number of aromatic nitrogens is 3. The van der Waals surface area contributed by atoms with Gasteiger partial charge >= 0.3 is 0 Å². The Morgan fingerprint density at radius 3 is 1.52 bits per heavy atom. The lowest BCUT2D eigenvalue weighted by Gasteiger charge is -2.13. The Balaban J connectivity index is 1.38. The smallest absolute Gasteiger partial charge is 0.235 e. The Morgan fingerprint density at radius 1 is 0.385 bits per heavy atom. The molecule has 0 aliphatic carbocycles. The maximum Gasteiger partial charge on any atom is 0.235 e. The van der Waals surface area contributed by atoms with E-state index in [2.05, 4.69) is 168 Å². The summed E-state index contributed by atoms with van der Waals surface area (Å²) in [6.07, 6.45) is 0.